The zero-order valence-electron chi connectivity index (χ0n) is 15.1. The number of carbonyl (C=O) groups excluding carboxylic acids is 1. The highest BCUT2D eigenvalue weighted by molar-refractivity contribution is 6.30. The molecule has 2 aromatic heterocycles. The highest BCUT2D eigenvalue weighted by atomic mass is 35.5. The van der Waals surface area contributed by atoms with Gasteiger partial charge in [0.15, 0.2) is 0 Å². The lowest BCUT2D eigenvalue weighted by molar-refractivity contribution is -0.121. The number of carbonyl (C=O) groups is 1. The van der Waals surface area contributed by atoms with E-state index in [0.717, 1.165) is 22.4 Å². The monoisotopic (exact) mass is 395 g/mol. The zero-order chi connectivity index (χ0) is 19.5. The van der Waals surface area contributed by atoms with Gasteiger partial charge in [0.1, 0.15) is 5.82 Å². The Hall–Kier alpha value is -3.19. The smallest absolute Gasteiger partial charge is 0.227 e. The summed E-state index contributed by atoms with van der Waals surface area (Å²) in [5, 5.41) is 7.53. The molecule has 1 atom stereocenters. The lowest BCUT2D eigenvalue weighted by atomic mass is 10.2. The number of nitrogens with zero attached hydrogens (tertiary/aromatic N) is 3. The van der Waals surface area contributed by atoms with Crippen molar-refractivity contribution in [2.45, 2.75) is 25.8 Å². The van der Waals surface area contributed by atoms with Crippen LogP contribution in [-0.2, 0) is 11.2 Å². The van der Waals surface area contributed by atoms with Crippen LogP contribution >= 0.6 is 11.6 Å². The van der Waals surface area contributed by atoms with E-state index in [1.807, 2.05) is 43.3 Å². The molecule has 0 aliphatic carbocycles. The van der Waals surface area contributed by atoms with Crippen molar-refractivity contribution < 1.29 is 9.32 Å². The second-order valence-electron chi connectivity index (χ2n) is 6.45. The number of fused-ring (bicyclic) bond motifs is 1. The van der Waals surface area contributed by atoms with E-state index in [2.05, 4.69) is 25.4 Å². The Labute approximate surface area is 166 Å². The third-order valence-corrected chi connectivity index (χ3v) is 4.58. The first-order valence-corrected chi connectivity index (χ1v) is 9.29. The molecule has 1 unspecified atom stereocenters. The van der Waals surface area contributed by atoms with E-state index in [9.17, 15) is 4.79 Å². The Kier molecular flexibility index (Phi) is 5.08. The van der Waals surface area contributed by atoms with Crippen molar-refractivity contribution in [1.82, 2.24) is 25.4 Å². The molecule has 0 saturated heterocycles. The molecule has 2 N–H and O–H groups in total. The molecule has 1 amide bonds. The number of imidazole rings is 1. The number of halogens is 1. The minimum absolute atomic E-state index is 0.112. The van der Waals surface area contributed by atoms with Gasteiger partial charge in [-0.25, -0.2) is 4.98 Å². The number of nitrogens with one attached hydrogen (secondary N) is 2. The van der Waals surface area contributed by atoms with Gasteiger partial charge in [-0.05, 0) is 43.3 Å². The summed E-state index contributed by atoms with van der Waals surface area (Å²) in [6.45, 7) is 1.89. The van der Waals surface area contributed by atoms with Crippen LogP contribution in [0.3, 0.4) is 0 Å². The van der Waals surface area contributed by atoms with E-state index in [4.69, 9.17) is 16.1 Å². The molecule has 2 aromatic carbocycles. The fraction of sp³-hybridized carbons (Fsp3) is 0.200. The molecule has 0 bridgehead atoms. The topological polar surface area (TPSA) is 96.7 Å². The minimum Gasteiger partial charge on any atom is -0.346 e. The molecule has 0 aliphatic rings. The van der Waals surface area contributed by atoms with Gasteiger partial charge in [-0.15, -0.1) is 0 Å². The number of aromatic amines is 1. The molecule has 8 heteroatoms. The van der Waals surface area contributed by atoms with Crippen molar-refractivity contribution in [3.63, 3.8) is 0 Å². The molecular weight excluding hydrogens is 378 g/mol. The molecule has 0 fully saturated rings. The first-order chi connectivity index (χ1) is 13.6. The predicted octanol–water partition coefficient (Wildman–Crippen LogP) is 4.08. The molecule has 0 saturated carbocycles. The van der Waals surface area contributed by atoms with Crippen molar-refractivity contribution in [1.29, 1.82) is 0 Å². The van der Waals surface area contributed by atoms with Gasteiger partial charge in [-0.3, -0.25) is 4.79 Å². The van der Waals surface area contributed by atoms with Gasteiger partial charge in [0, 0.05) is 23.4 Å². The van der Waals surface area contributed by atoms with Crippen LogP contribution in [0.5, 0.6) is 0 Å². The van der Waals surface area contributed by atoms with Gasteiger partial charge < -0.3 is 14.8 Å². The Morgan fingerprint density at radius 1 is 1.18 bits per heavy atom. The SMILES string of the molecule is CC(NC(=O)CCc1nc(-c2ccc(Cl)cc2)no1)c1nc2ccccc2[nH]1. The fourth-order valence-electron chi connectivity index (χ4n) is 2.85. The maximum atomic E-state index is 12.3. The summed E-state index contributed by atoms with van der Waals surface area (Å²) in [6, 6.07) is 14.7. The maximum absolute atomic E-state index is 12.3. The number of hydrogen-bond acceptors (Lipinski definition) is 5. The summed E-state index contributed by atoms with van der Waals surface area (Å²) in [6.07, 6.45) is 0.603. The number of aromatic nitrogens is 4. The summed E-state index contributed by atoms with van der Waals surface area (Å²) in [4.78, 5) is 24.3. The van der Waals surface area contributed by atoms with E-state index in [0.29, 0.717) is 23.2 Å². The molecule has 0 aliphatic heterocycles. The van der Waals surface area contributed by atoms with Crippen molar-refractivity contribution >= 4 is 28.5 Å². The zero-order valence-corrected chi connectivity index (χ0v) is 15.9. The van der Waals surface area contributed by atoms with Crippen LogP contribution in [0.2, 0.25) is 5.02 Å². The Bertz CT molecular complexity index is 1070. The number of hydrogen-bond donors (Lipinski definition) is 2. The number of amides is 1. The lowest BCUT2D eigenvalue weighted by Gasteiger charge is -2.10. The molecule has 4 rings (SSSR count). The normalized spacial score (nSPS) is 12.2. The molecule has 4 aromatic rings. The van der Waals surface area contributed by atoms with E-state index >= 15 is 0 Å². The van der Waals surface area contributed by atoms with Gasteiger partial charge in [-0.1, -0.05) is 28.9 Å². The van der Waals surface area contributed by atoms with Gasteiger partial charge in [-0.2, -0.15) is 4.98 Å². The largest absolute Gasteiger partial charge is 0.346 e. The summed E-state index contributed by atoms with van der Waals surface area (Å²) in [5.74, 6) is 1.50. The van der Waals surface area contributed by atoms with Crippen LogP contribution in [0.1, 0.15) is 31.1 Å². The number of H-pyrrole nitrogens is 1. The molecule has 7 nitrogen and oxygen atoms in total. The first kappa shape index (κ1) is 18.2. The third-order valence-electron chi connectivity index (χ3n) is 4.33. The van der Waals surface area contributed by atoms with Gasteiger partial charge in [0.05, 0.1) is 17.1 Å². The van der Waals surface area contributed by atoms with Crippen LogP contribution in [-0.4, -0.2) is 26.0 Å². The van der Waals surface area contributed by atoms with Crippen LogP contribution in [0.4, 0.5) is 0 Å². The summed E-state index contributed by atoms with van der Waals surface area (Å²) in [5.41, 5.74) is 2.63. The average molecular weight is 396 g/mol. The molecule has 0 spiro atoms. The van der Waals surface area contributed by atoms with E-state index in [1.165, 1.54) is 0 Å². The highest BCUT2D eigenvalue weighted by Gasteiger charge is 2.15. The van der Waals surface area contributed by atoms with Gasteiger partial charge in [0.2, 0.25) is 17.6 Å². The molecule has 2 heterocycles. The van der Waals surface area contributed by atoms with E-state index in [1.54, 1.807) is 12.1 Å². The van der Waals surface area contributed by atoms with Gasteiger partial charge >= 0.3 is 0 Å². The Morgan fingerprint density at radius 3 is 2.75 bits per heavy atom. The number of para-hydroxylation sites is 2. The van der Waals surface area contributed by atoms with Crippen molar-refractivity contribution in [3.05, 3.63) is 65.3 Å². The average Bonchev–Trinajstić information content (AvgIpc) is 3.34. The van der Waals surface area contributed by atoms with E-state index < -0.39 is 0 Å². The quantitative estimate of drug-likeness (QED) is 0.512. The summed E-state index contributed by atoms with van der Waals surface area (Å²) in [7, 11) is 0. The predicted molar refractivity (Wildman–Crippen MR) is 106 cm³/mol. The fourth-order valence-corrected chi connectivity index (χ4v) is 2.98. The van der Waals surface area contributed by atoms with E-state index in [-0.39, 0.29) is 18.4 Å². The molecular formula is C20H18ClN5O2. The van der Waals surface area contributed by atoms with Crippen molar-refractivity contribution in [2.75, 3.05) is 0 Å². The second kappa shape index (κ2) is 7.82. The minimum atomic E-state index is -0.229. The molecule has 28 heavy (non-hydrogen) atoms. The lowest BCUT2D eigenvalue weighted by Crippen LogP contribution is -2.27. The first-order valence-electron chi connectivity index (χ1n) is 8.91. The Balaban J connectivity index is 1.33. The standard InChI is InChI=1S/C20H18ClN5O2/c1-12(19-23-15-4-2-3-5-16(15)24-19)22-17(27)10-11-18-25-20(26-28-18)13-6-8-14(21)9-7-13/h2-9,12H,10-11H2,1H3,(H,22,27)(H,23,24). The van der Waals surface area contributed by atoms with Gasteiger partial charge in [0.25, 0.3) is 0 Å². The number of rotatable bonds is 6. The van der Waals surface area contributed by atoms with Crippen LogP contribution in [0.15, 0.2) is 53.1 Å². The van der Waals surface area contributed by atoms with Crippen molar-refractivity contribution in [2.24, 2.45) is 0 Å². The van der Waals surface area contributed by atoms with Crippen LogP contribution in [0.25, 0.3) is 22.4 Å². The summed E-state index contributed by atoms with van der Waals surface area (Å²) >= 11 is 5.88. The summed E-state index contributed by atoms with van der Waals surface area (Å²) < 4.78 is 5.24. The molecule has 142 valence electrons. The third kappa shape index (κ3) is 4.04. The number of aryl methyl sites for hydroxylation is 1. The second-order valence-corrected chi connectivity index (χ2v) is 6.88. The van der Waals surface area contributed by atoms with Crippen LogP contribution < -0.4 is 5.32 Å². The number of benzene rings is 2. The van der Waals surface area contributed by atoms with Crippen molar-refractivity contribution in [3.8, 4) is 11.4 Å². The molecule has 0 radical (unpaired) electrons. The highest BCUT2D eigenvalue weighted by Crippen LogP contribution is 2.19. The maximum Gasteiger partial charge on any atom is 0.227 e. The van der Waals surface area contributed by atoms with Crippen LogP contribution in [0, 0.1) is 0 Å². The Morgan fingerprint density at radius 2 is 1.96 bits per heavy atom.